The van der Waals surface area contributed by atoms with Crippen LogP contribution in [0.3, 0.4) is 0 Å². The average molecular weight is 448 g/mol. The lowest BCUT2D eigenvalue weighted by Crippen LogP contribution is -2.13. The highest BCUT2D eigenvalue weighted by Crippen LogP contribution is 2.45. The van der Waals surface area contributed by atoms with Crippen LogP contribution in [0.15, 0.2) is 59.5 Å². The van der Waals surface area contributed by atoms with E-state index in [0.717, 1.165) is 0 Å². The zero-order chi connectivity index (χ0) is 21.3. The molecule has 1 heterocycles. The van der Waals surface area contributed by atoms with E-state index in [1.165, 1.54) is 26.4 Å². The van der Waals surface area contributed by atoms with Gasteiger partial charge in [0.05, 0.1) is 24.8 Å². The molecule has 0 saturated carbocycles. The molecule has 1 aliphatic heterocycles. The summed E-state index contributed by atoms with van der Waals surface area (Å²) in [5.74, 6) is 1.72. The second kappa shape index (κ2) is 7.97. The molecule has 0 bridgehead atoms. The summed E-state index contributed by atoms with van der Waals surface area (Å²) in [5, 5.41) is 0.316. The third-order valence-corrected chi connectivity index (χ3v) is 6.32. The van der Waals surface area contributed by atoms with Crippen molar-refractivity contribution in [2.24, 2.45) is 0 Å². The van der Waals surface area contributed by atoms with E-state index in [1.54, 1.807) is 42.5 Å². The van der Waals surface area contributed by atoms with Gasteiger partial charge in [-0.25, -0.2) is 8.42 Å². The topological polar surface area (TPSA) is 83.1 Å². The van der Waals surface area contributed by atoms with Crippen LogP contribution in [-0.2, 0) is 10.0 Å². The molecular weight excluding hydrogens is 430 g/mol. The molecule has 0 radical (unpaired) electrons. The third-order valence-electron chi connectivity index (χ3n) is 4.57. The van der Waals surface area contributed by atoms with Crippen molar-refractivity contribution in [3.63, 3.8) is 0 Å². The van der Waals surface area contributed by atoms with Crippen LogP contribution < -0.4 is 23.7 Å². The maximum absolute atomic E-state index is 12.9. The molecule has 0 aliphatic carbocycles. The molecule has 30 heavy (non-hydrogen) atoms. The van der Waals surface area contributed by atoms with Crippen LogP contribution >= 0.6 is 11.6 Å². The number of hydrogen-bond acceptors (Lipinski definition) is 6. The van der Waals surface area contributed by atoms with Gasteiger partial charge in [0.2, 0.25) is 6.79 Å². The molecule has 0 unspecified atom stereocenters. The van der Waals surface area contributed by atoms with E-state index < -0.39 is 10.0 Å². The Labute approximate surface area is 179 Å². The van der Waals surface area contributed by atoms with Gasteiger partial charge in [0, 0.05) is 11.6 Å². The van der Waals surface area contributed by atoms with Crippen LogP contribution in [0.1, 0.15) is 0 Å². The van der Waals surface area contributed by atoms with Crippen molar-refractivity contribution in [1.29, 1.82) is 0 Å². The molecule has 0 saturated heterocycles. The maximum atomic E-state index is 12.9. The summed E-state index contributed by atoms with van der Waals surface area (Å²) >= 11 is 6.28. The number of benzene rings is 3. The van der Waals surface area contributed by atoms with Crippen molar-refractivity contribution >= 4 is 27.3 Å². The second-order valence-corrected chi connectivity index (χ2v) is 8.42. The molecule has 9 heteroatoms. The number of rotatable bonds is 6. The molecule has 156 valence electrons. The summed E-state index contributed by atoms with van der Waals surface area (Å²) in [6, 6.07) is 14.8. The van der Waals surface area contributed by atoms with E-state index in [9.17, 15) is 8.42 Å². The predicted octanol–water partition coefficient (Wildman–Crippen LogP) is 4.55. The minimum atomic E-state index is -3.84. The number of fused-ring (bicyclic) bond motifs is 1. The first-order valence-electron chi connectivity index (χ1n) is 8.86. The van der Waals surface area contributed by atoms with E-state index in [2.05, 4.69) is 4.72 Å². The Morgan fingerprint density at radius 1 is 0.933 bits per heavy atom. The summed E-state index contributed by atoms with van der Waals surface area (Å²) < 4.78 is 50.1. The molecular formula is C21H18ClNO6S. The Kier molecular flexibility index (Phi) is 5.36. The summed E-state index contributed by atoms with van der Waals surface area (Å²) in [6.07, 6.45) is 0. The fraction of sp³-hybridized carbons (Fsp3) is 0.143. The van der Waals surface area contributed by atoms with Gasteiger partial charge in [-0.15, -0.1) is 0 Å². The van der Waals surface area contributed by atoms with E-state index in [-0.39, 0.29) is 11.7 Å². The molecule has 0 spiro atoms. The fourth-order valence-corrected chi connectivity index (χ4v) is 4.45. The number of hydrogen-bond donors (Lipinski definition) is 1. The minimum absolute atomic E-state index is 0.0525. The number of nitrogens with one attached hydrogen (secondary N) is 1. The molecule has 3 aromatic rings. The van der Waals surface area contributed by atoms with Gasteiger partial charge in [-0.05, 0) is 35.9 Å². The first-order chi connectivity index (χ1) is 14.4. The minimum Gasteiger partial charge on any atom is -0.495 e. The highest BCUT2D eigenvalue weighted by molar-refractivity contribution is 7.92. The van der Waals surface area contributed by atoms with Crippen LogP contribution in [0.4, 0.5) is 5.69 Å². The average Bonchev–Trinajstić information content (AvgIpc) is 3.21. The van der Waals surface area contributed by atoms with Crippen molar-refractivity contribution in [3.8, 4) is 34.1 Å². The van der Waals surface area contributed by atoms with Gasteiger partial charge in [0.15, 0.2) is 11.5 Å². The van der Waals surface area contributed by atoms with Crippen LogP contribution in [0.5, 0.6) is 23.0 Å². The maximum Gasteiger partial charge on any atom is 0.261 e. The van der Waals surface area contributed by atoms with Crippen molar-refractivity contribution in [3.05, 3.63) is 59.6 Å². The molecule has 3 aromatic carbocycles. The van der Waals surface area contributed by atoms with E-state index in [0.29, 0.717) is 44.8 Å². The number of ether oxygens (including phenoxy) is 4. The Balaban J connectivity index is 1.87. The fourth-order valence-electron chi connectivity index (χ4n) is 3.09. The van der Waals surface area contributed by atoms with Crippen molar-refractivity contribution in [2.45, 2.75) is 4.90 Å². The molecule has 0 fully saturated rings. The number of anilines is 1. The second-order valence-electron chi connectivity index (χ2n) is 6.36. The van der Waals surface area contributed by atoms with Gasteiger partial charge >= 0.3 is 0 Å². The predicted molar refractivity (Wildman–Crippen MR) is 113 cm³/mol. The van der Waals surface area contributed by atoms with Gasteiger partial charge < -0.3 is 18.9 Å². The first kappa shape index (κ1) is 20.2. The van der Waals surface area contributed by atoms with Crippen molar-refractivity contribution in [2.75, 3.05) is 25.7 Å². The largest absolute Gasteiger partial charge is 0.495 e. The standard InChI is InChI=1S/C21H18ClNO6S/c1-26-19-8-13(9-20(27-2)21(19)22)15-10-17-18(29-12-28-17)11-16(15)23-30(24,25)14-6-4-3-5-7-14/h3-11,23H,12H2,1-2H3. The lowest BCUT2D eigenvalue weighted by Gasteiger charge is -2.16. The molecule has 0 amide bonds. The van der Waals surface area contributed by atoms with Crippen LogP contribution in [0.2, 0.25) is 5.02 Å². The summed E-state index contributed by atoms with van der Waals surface area (Å²) in [7, 11) is -0.857. The SMILES string of the molecule is COc1cc(-c2cc3c(cc2NS(=O)(=O)c2ccccc2)OCO3)cc(OC)c1Cl. The lowest BCUT2D eigenvalue weighted by atomic mass is 10.0. The van der Waals surface area contributed by atoms with Crippen molar-refractivity contribution < 1.29 is 27.4 Å². The molecule has 1 N–H and O–H groups in total. The van der Waals surface area contributed by atoms with Gasteiger partial charge in [-0.1, -0.05) is 29.8 Å². The monoisotopic (exact) mass is 447 g/mol. The van der Waals surface area contributed by atoms with E-state index in [4.69, 9.17) is 30.5 Å². The zero-order valence-electron chi connectivity index (χ0n) is 16.1. The molecule has 0 aromatic heterocycles. The quantitative estimate of drug-likeness (QED) is 0.596. The number of methoxy groups -OCH3 is 2. The molecule has 7 nitrogen and oxygen atoms in total. The number of sulfonamides is 1. The smallest absolute Gasteiger partial charge is 0.261 e. The van der Waals surface area contributed by atoms with Gasteiger partial charge in [0.25, 0.3) is 10.0 Å². The third kappa shape index (κ3) is 3.71. The van der Waals surface area contributed by atoms with Gasteiger partial charge in [-0.2, -0.15) is 0 Å². The van der Waals surface area contributed by atoms with Crippen LogP contribution in [0, 0.1) is 0 Å². The van der Waals surface area contributed by atoms with Gasteiger partial charge in [0.1, 0.15) is 16.5 Å². The van der Waals surface area contributed by atoms with Gasteiger partial charge in [-0.3, -0.25) is 4.72 Å². The summed E-state index contributed by atoms with van der Waals surface area (Å²) in [5.41, 5.74) is 1.48. The van der Waals surface area contributed by atoms with Crippen LogP contribution in [0.25, 0.3) is 11.1 Å². The Hall–Kier alpha value is -3.10. The Morgan fingerprint density at radius 2 is 1.53 bits per heavy atom. The van der Waals surface area contributed by atoms with E-state index in [1.807, 2.05) is 0 Å². The lowest BCUT2D eigenvalue weighted by molar-refractivity contribution is 0.174. The normalized spacial score (nSPS) is 12.5. The highest BCUT2D eigenvalue weighted by atomic mass is 35.5. The van der Waals surface area contributed by atoms with E-state index >= 15 is 0 Å². The molecule has 1 aliphatic rings. The summed E-state index contributed by atoms with van der Waals surface area (Å²) in [4.78, 5) is 0.139. The highest BCUT2D eigenvalue weighted by Gasteiger charge is 2.23. The summed E-state index contributed by atoms with van der Waals surface area (Å²) in [6.45, 7) is 0.0525. The Morgan fingerprint density at radius 3 is 2.13 bits per heavy atom. The molecule has 4 rings (SSSR count). The first-order valence-corrected chi connectivity index (χ1v) is 10.7. The number of halogens is 1. The van der Waals surface area contributed by atoms with Crippen LogP contribution in [-0.4, -0.2) is 29.4 Å². The van der Waals surface area contributed by atoms with Crippen molar-refractivity contribution in [1.82, 2.24) is 0 Å². The molecule has 0 atom stereocenters. The Bertz CT molecular complexity index is 1170. The zero-order valence-corrected chi connectivity index (χ0v) is 17.7.